The van der Waals surface area contributed by atoms with Crippen molar-refractivity contribution in [2.75, 3.05) is 19.0 Å². The summed E-state index contributed by atoms with van der Waals surface area (Å²) in [5, 5.41) is 5.24. The summed E-state index contributed by atoms with van der Waals surface area (Å²) in [7, 11) is 1.69. The standard InChI is InChI=1S/C10H14Br2N2O/c1-15-7-6-14-10(4-2-3-5-11)9(12)8-13-14/h2,4,8H,3,5-7H2,1H3/b4-2+. The molecule has 0 atom stereocenters. The van der Waals surface area contributed by atoms with Gasteiger partial charge >= 0.3 is 0 Å². The second kappa shape index (κ2) is 7.19. The van der Waals surface area contributed by atoms with Crippen LogP contribution in [0.1, 0.15) is 12.1 Å². The molecule has 1 heterocycles. The Bertz CT molecular complexity index is 323. The van der Waals surface area contributed by atoms with E-state index in [1.54, 1.807) is 7.11 Å². The molecule has 0 aliphatic heterocycles. The van der Waals surface area contributed by atoms with Crippen molar-refractivity contribution in [2.24, 2.45) is 0 Å². The summed E-state index contributed by atoms with van der Waals surface area (Å²) < 4.78 is 7.97. The molecule has 1 rings (SSSR count). The molecule has 0 N–H and O–H groups in total. The third kappa shape index (κ3) is 4.09. The average Bonchev–Trinajstić information content (AvgIpc) is 2.58. The summed E-state index contributed by atoms with van der Waals surface area (Å²) in [6.45, 7) is 1.45. The Hall–Kier alpha value is -0.130. The molecule has 0 fully saturated rings. The Morgan fingerprint density at radius 3 is 3.07 bits per heavy atom. The van der Waals surface area contributed by atoms with E-state index >= 15 is 0 Å². The first kappa shape index (κ1) is 12.9. The average molecular weight is 338 g/mol. The number of alkyl halides is 1. The normalized spacial score (nSPS) is 11.4. The largest absolute Gasteiger partial charge is 0.383 e. The highest BCUT2D eigenvalue weighted by Crippen LogP contribution is 2.17. The number of allylic oxidation sites excluding steroid dienone is 1. The molecule has 0 spiro atoms. The van der Waals surface area contributed by atoms with Crippen LogP contribution < -0.4 is 0 Å². The lowest BCUT2D eigenvalue weighted by atomic mass is 10.3. The van der Waals surface area contributed by atoms with E-state index in [4.69, 9.17) is 4.74 Å². The number of hydrogen-bond donors (Lipinski definition) is 0. The van der Waals surface area contributed by atoms with E-state index in [2.05, 4.69) is 49.1 Å². The first-order valence-electron chi connectivity index (χ1n) is 4.72. The summed E-state index contributed by atoms with van der Waals surface area (Å²) in [5.41, 5.74) is 1.09. The summed E-state index contributed by atoms with van der Waals surface area (Å²) in [5.74, 6) is 0. The van der Waals surface area contributed by atoms with E-state index in [0.29, 0.717) is 6.61 Å². The molecular weight excluding hydrogens is 324 g/mol. The maximum atomic E-state index is 5.03. The molecule has 15 heavy (non-hydrogen) atoms. The number of halogens is 2. The first-order chi connectivity index (χ1) is 7.29. The Morgan fingerprint density at radius 2 is 2.40 bits per heavy atom. The molecule has 0 saturated heterocycles. The van der Waals surface area contributed by atoms with Crippen LogP contribution in [0.5, 0.6) is 0 Å². The molecule has 1 aromatic heterocycles. The molecular formula is C10H14Br2N2O. The topological polar surface area (TPSA) is 27.1 Å². The van der Waals surface area contributed by atoms with Crippen LogP contribution in [0.25, 0.3) is 6.08 Å². The minimum atomic E-state index is 0.674. The van der Waals surface area contributed by atoms with Crippen molar-refractivity contribution in [3.63, 3.8) is 0 Å². The Labute approximate surface area is 107 Å². The number of hydrogen-bond acceptors (Lipinski definition) is 2. The molecule has 0 saturated carbocycles. The number of ether oxygens (including phenoxy) is 1. The fourth-order valence-corrected chi connectivity index (χ4v) is 1.84. The Morgan fingerprint density at radius 1 is 1.60 bits per heavy atom. The molecule has 0 unspecified atom stereocenters. The van der Waals surface area contributed by atoms with Crippen LogP contribution in [0.2, 0.25) is 0 Å². The molecule has 3 nitrogen and oxygen atoms in total. The molecule has 5 heteroatoms. The van der Waals surface area contributed by atoms with Gasteiger partial charge in [0.25, 0.3) is 0 Å². The van der Waals surface area contributed by atoms with Gasteiger partial charge in [-0.25, -0.2) is 0 Å². The van der Waals surface area contributed by atoms with Gasteiger partial charge < -0.3 is 4.74 Å². The molecule has 0 radical (unpaired) electrons. The minimum Gasteiger partial charge on any atom is -0.383 e. The zero-order chi connectivity index (χ0) is 11.1. The van der Waals surface area contributed by atoms with Crippen LogP contribution >= 0.6 is 31.9 Å². The smallest absolute Gasteiger partial charge is 0.0750 e. The third-order valence-electron chi connectivity index (χ3n) is 1.89. The molecule has 84 valence electrons. The van der Waals surface area contributed by atoms with Crippen molar-refractivity contribution in [1.82, 2.24) is 9.78 Å². The number of aromatic nitrogens is 2. The van der Waals surface area contributed by atoms with Crippen LogP contribution in [0.3, 0.4) is 0 Å². The Balaban J connectivity index is 2.70. The van der Waals surface area contributed by atoms with Gasteiger partial charge in [-0.05, 0) is 28.4 Å². The summed E-state index contributed by atoms with van der Waals surface area (Å²) in [4.78, 5) is 0. The first-order valence-corrected chi connectivity index (χ1v) is 6.63. The maximum absolute atomic E-state index is 5.03. The number of rotatable bonds is 6. The van der Waals surface area contributed by atoms with Gasteiger partial charge in [0.15, 0.2) is 0 Å². The zero-order valence-electron chi connectivity index (χ0n) is 8.62. The van der Waals surface area contributed by atoms with E-state index in [1.165, 1.54) is 0 Å². The van der Waals surface area contributed by atoms with Crippen molar-refractivity contribution in [3.8, 4) is 0 Å². The second-order valence-corrected chi connectivity index (χ2v) is 4.62. The number of nitrogens with zero attached hydrogens (tertiary/aromatic N) is 2. The summed E-state index contributed by atoms with van der Waals surface area (Å²) in [6.07, 6.45) is 7.03. The van der Waals surface area contributed by atoms with Crippen LogP contribution in [-0.2, 0) is 11.3 Å². The van der Waals surface area contributed by atoms with Crippen molar-refractivity contribution in [1.29, 1.82) is 0 Å². The van der Waals surface area contributed by atoms with Gasteiger partial charge in [-0.2, -0.15) is 5.10 Å². The van der Waals surface area contributed by atoms with Crippen molar-refractivity contribution >= 4 is 37.9 Å². The zero-order valence-corrected chi connectivity index (χ0v) is 11.8. The monoisotopic (exact) mass is 336 g/mol. The maximum Gasteiger partial charge on any atom is 0.0750 e. The van der Waals surface area contributed by atoms with Crippen molar-refractivity contribution in [3.05, 3.63) is 22.4 Å². The molecule has 0 aromatic carbocycles. The van der Waals surface area contributed by atoms with E-state index < -0.39 is 0 Å². The third-order valence-corrected chi connectivity index (χ3v) is 2.96. The minimum absolute atomic E-state index is 0.674. The highest BCUT2D eigenvalue weighted by atomic mass is 79.9. The SMILES string of the molecule is COCCn1ncc(Br)c1/C=C/CCBr. The lowest BCUT2D eigenvalue weighted by Gasteiger charge is -2.03. The number of methoxy groups -OCH3 is 1. The molecule has 1 aromatic rings. The van der Waals surface area contributed by atoms with Gasteiger partial charge in [-0.15, -0.1) is 0 Å². The van der Waals surface area contributed by atoms with Gasteiger partial charge in [0, 0.05) is 12.4 Å². The van der Waals surface area contributed by atoms with E-state index in [9.17, 15) is 0 Å². The molecule has 0 amide bonds. The van der Waals surface area contributed by atoms with Gasteiger partial charge in [0.05, 0.1) is 29.5 Å². The van der Waals surface area contributed by atoms with Crippen LogP contribution in [0.15, 0.2) is 16.7 Å². The van der Waals surface area contributed by atoms with E-state index in [-0.39, 0.29) is 0 Å². The van der Waals surface area contributed by atoms with Crippen LogP contribution in [0.4, 0.5) is 0 Å². The lowest BCUT2D eigenvalue weighted by molar-refractivity contribution is 0.183. The van der Waals surface area contributed by atoms with Crippen LogP contribution in [-0.4, -0.2) is 28.8 Å². The highest BCUT2D eigenvalue weighted by molar-refractivity contribution is 9.10. The predicted molar refractivity (Wildman–Crippen MR) is 69.2 cm³/mol. The molecule has 0 bridgehead atoms. The second-order valence-electron chi connectivity index (χ2n) is 2.97. The summed E-state index contributed by atoms with van der Waals surface area (Å²) >= 11 is 6.86. The van der Waals surface area contributed by atoms with Crippen molar-refractivity contribution < 1.29 is 4.74 Å². The highest BCUT2D eigenvalue weighted by Gasteiger charge is 2.04. The fraction of sp³-hybridized carbons (Fsp3) is 0.500. The fourth-order valence-electron chi connectivity index (χ4n) is 1.15. The quantitative estimate of drug-likeness (QED) is 0.746. The predicted octanol–water partition coefficient (Wildman–Crippen LogP) is 3.09. The van der Waals surface area contributed by atoms with E-state index in [1.807, 2.05) is 10.9 Å². The van der Waals surface area contributed by atoms with Crippen molar-refractivity contribution in [2.45, 2.75) is 13.0 Å². The van der Waals surface area contributed by atoms with Gasteiger partial charge in [-0.3, -0.25) is 4.68 Å². The van der Waals surface area contributed by atoms with Crippen LogP contribution in [0, 0.1) is 0 Å². The molecule has 0 aliphatic rings. The molecule has 0 aliphatic carbocycles. The van der Waals surface area contributed by atoms with Gasteiger partial charge in [-0.1, -0.05) is 22.0 Å². The summed E-state index contributed by atoms with van der Waals surface area (Å²) in [6, 6.07) is 0. The van der Waals surface area contributed by atoms with Gasteiger partial charge in [0.2, 0.25) is 0 Å². The Kier molecular flexibility index (Phi) is 6.20. The van der Waals surface area contributed by atoms with E-state index in [0.717, 1.165) is 28.5 Å². The van der Waals surface area contributed by atoms with Gasteiger partial charge in [0.1, 0.15) is 0 Å². The lowest BCUT2D eigenvalue weighted by Crippen LogP contribution is -2.07.